The summed E-state index contributed by atoms with van der Waals surface area (Å²) in [6, 6.07) is 4.32. The van der Waals surface area contributed by atoms with Crippen molar-refractivity contribution in [2.24, 2.45) is 0 Å². The van der Waals surface area contributed by atoms with Crippen molar-refractivity contribution in [3.05, 3.63) is 34.9 Å². The van der Waals surface area contributed by atoms with Crippen LogP contribution in [0.1, 0.15) is 37.5 Å². The van der Waals surface area contributed by atoms with Crippen LogP contribution in [-0.2, 0) is 14.3 Å². The fourth-order valence-corrected chi connectivity index (χ4v) is 2.53. The van der Waals surface area contributed by atoms with Crippen molar-refractivity contribution < 1.29 is 14.3 Å². The van der Waals surface area contributed by atoms with Gasteiger partial charge in [-0.05, 0) is 69.5 Å². The van der Waals surface area contributed by atoms with Crippen molar-refractivity contribution in [3.8, 4) is 0 Å². The van der Waals surface area contributed by atoms with Crippen molar-refractivity contribution >= 4 is 17.7 Å². The number of carbonyl (C=O) groups excluding carboxylic acids is 1. The topological polar surface area (TPSA) is 38.8 Å². The standard InChI is InChI=1S/C19H27NO3/c1-14-12-16(6-7-18(21)23-19(3,4)5)17(13-15(14)2)20-8-10-22-11-9-20/h6-7,12-13H,8-11H2,1-5H3/b7-6+. The van der Waals surface area contributed by atoms with E-state index in [4.69, 9.17) is 9.47 Å². The lowest BCUT2D eigenvalue weighted by atomic mass is 10.0. The Morgan fingerprint density at radius 3 is 2.39 bits per heavy atom. The smallest absolute Gasteiger partial charge is 0.331 e. The Labute approximate surface area is 139 Å². The second kappa shape index (κ2) is 7.18. The first-order valence-electron chi connectivity index (χ1n) is 8.11. The molecule has 1 saturated heterocycles. The van der Waals surface area contributed by atoms with E-state index in [0.29, 0.717) is 0 Å². The molecule has 0 saturated carbocycles. The van der Waals surface area contributed by atoms with Gasteiger partial charge in [0.05, 0.1) is 13.2 Å². The van der Waals surface area contributed by atoms with Crippen molar-refractivity contribution in [1.29, 1.82) is 0 Å². The lowest BCUT2D eigenvalue weighted by Crippen LogP contribution is -2.36. The Balaban J connectivity index is 2.25. The van der Waals surface area contributed by atoms with Gasteiger partial charge in [-0.2, -0.15) is 0 Å². The highest BCUT2D eigenvalue weighted by Gasteiger charge is 2.16. The van der Waals surface area contributed by atoms with Crippen LogP contribution in [0.3, 0.4) is 0 Å². The first-order chi connectivity index (χ1) is 10.8. The van der Waals surface area contributed by atoms with E-state index >= 15 is 0 Å². The molecule has 0 spiro atoms. The number of hydrogen-bond acceptors (Lipinski definition) is 4. The highest BCUT2D eigenvalue weighted by molar-refractivity contribution is 5.89. The molecular weight excluding hydrogens is 290 g/mol. The number of anilines is 1. The lowest BCUT2D eigenvalue weighted by molar-refractivity contribution is -0.148. The molecule has 0 bridgehead atoms. The van der Waals surface area contributed by atoms with E-state index in [9.17, 15) is 4.79 Å². The fourth-order valence-electron chi connectivity index (χ4n) is 2.53. The quantitative estimate of drug-likeness (QED) is 0.632. The van der Waals surface area contributed by atoms with E-state index in [-0.39, 0.29) is 5.97 Å². The van der Waals surface area contributed by atoms with Crippen LogP contribution in [0.25, 0.3) is 6.08 Å². The van der Waals surface area contributed by atoms with Crippen molar-refractivity contribution in [1.82, 2.24) is 0 Å². The monoisotopic (exact) mass is 317 g/mol. The van der Waals surface area contributed by atoms with Crippen LogP contribution in [0, 0.1) is 13.8 Å². The molecule has 0 amide bonds. The van der Waals surface area contributed by atoms with Crippen LogP contribution < -0.4 is 4.90 Å². The summed E-state index contributed by atoms with van der Waals surface area (Å²) < 4.78 is 10.8. The Morgan fingerprint density at radius 1 is 1.17 bits per heavy atom. The summed E-state index contributed by atoms with van der Waals surface area (Å²) in [6.45, 7) is 13.0. The van der Waals surface area contributed by atoms with Gasteiger partial charge in [0.15, 0.2) is 0 Å². The maximum Gasteiger partial charge on any atom is 0.331 e. The van der Waals surface area contributed by atoms with Gasteiger partial charge in [0.25, 0.3) is 0 Å². The fraction of sp³-hybridized carbons (Fsp3) is 0.526. The maximum absolute atomic E-state index is 11.9. The van der Waals surface area contributed by atoms with Gasteiger partial charge in [-0.15, -0.1) is 0 Å². The number of benzene rings is 1. The second-order valence-corrected chi connectivity index (χ2v) is 6.96. The molecule has 1 fully saturated rings. The Morgan fingerprint density at radius 2 is 1.78 bits per heavy atom. The van der Waals surface area contributed by atoms with Gasteiger partial charge in [0.1, 0.15) is 5.60 Å². The third-order valence-corrected chi connectivity index (χ3v) is 3.80. The van der Waals surface area contributed by atoms with Gasteiger partial charge >= 0.3 is 5.97 Å². The molecule has 0 unspecified atom stereocenters. The predicted octanol–water partition coefficient (Wildman–Crippen LogP) is 3.49. The number of esters is 1. The molecule has 0 atom stereocenters. The largest absolute Gasteiger partial charge is 0.457 e. The normalized spacial score (nSPS) is 16.0. The molecule has 4 heteroatoms. The summed E-state index contributed by atoms with van der Waals surface area (Å²) in [5, 5.41) is 0. The average molecular weight is 317 g/mol. The van der Waals surface area contributed by atoms with Crippen LogP contribution in [0.5, 0.6) is 0 Å². The summed E-state index contributed by atoms with van der Waals surface area (Å²) >= 11 is 0. The molecule has 0 aromatic heterocycles. The Hall–Kier alpha value is -1.81. The molecule has 1 heterocycles. The van der Waals surface area contributed by atoms with E-state index in [0.717, 1.165) is 37.6 Å². The molecule has 0 N–H and O–H groups in total. The van der Waals surface area contributed by atoms with Crippen molar-refractivity contribution in [2.45, 2.75) is 40.2 Å². The van der Waals surface area contributed by atoms with E-state index in [1.54, 1.807) is 0 Å². The Bertz CT molecular complexity index is 593. The maximum atomic E-state index is 11.9. The molecule has 23 heavy (non-hydrogen) atoms. The van der Waals surface area contributed by atoms with E-state index < -0.39 is 5.60 Å². The van der Waals surface area contributed by atoms with E-state index in [1.165, 1.54) is 17.2 Å². The first kappa shape index (κ1) is 17.5. The molecule has 1 aromatic carbocycles. The molecule has 1 aliphatic rings. The zero-order valence-corrected chi connectivity index (χ0v) is 14.8. The van der Waals surface area contributed by atoms with Crippen LogP contribution >= 0.6 is 0 Å². The number of nitrogens with zero attached hydrogens (tertiary/aromatic N) is 1. The minimum atomic E-state index is -0.475. The number of ether oxygens (including phenoxy) is 2. The summed E-state index contributed by atoms with van der Waals surface area (Å²) in [5.41, 5.74) is 4.18. The van der Waals surface area contributed by atoms with E-state index in [2.05, 4.69) is 30.9 Å². The number of rotatable bonds is 3. The zero-order valence-electron chi connectivity index (χ0n) is 14.8. The Kier molecular flexibility index (Phi) is 5.47. The zero-order chi connectivity index (χ0) is 17.0. The van der Waals surface area contributed by atoms with Gasteiger partial charge in [0.2, 0.25) is 0 Å². The second-order valence-electron chi connectivity index (χ2n) is 6.96. The van der Waals surface area contributed by atoms with Gasteiger partial charge in [0, 0.05) is 24.9 Å². The molecule has 2 rings (SSSR count). The minimum Gasteiger partial charge on any atom is -0.457 e. The summed E-state index contributed by atoms with van der Waals surface area (Å²) in [7, 11) is 0. The average Bonchev–Trinajstić information content (AvgIpc) is 2.47. The molecule has 4 nitrogen and oxygen atoms in total. The third kappa shape index (κ3) is 5.10. The minimum absolute atomic E-state index is 0.316. The molecule has 1 aliphatic heterocycles. The highest BCUT2D eigenvalue weighted by atomic mass is 16.6. The molecule has 1 aromatic rings. The molecule has 0 radical (unpaired) electrons. The van der Waals surface area contributed by atoms with Gasteiger partial charge in [-0.1, -0.05) is 0 Å². The summed E-state index contributed by atoms with van der Waals surface area (Å²) in [6.07, 6.45) is 3.37. The first-order valence-corrected chi connectivity index (χ1v) is 8.11. The SMILES string of the molecule is Cc1cc(/C=C/C(=O)OC(C)(C)C)c(N2CCOCC2)cc1C. The predicted molar refractivity (Wildman–Crippen MR) is 93.8 cm³/mol. The molecular formula is C19H27NO3. The summed E-state index contributed by atoms with van der Waals surface area (Å²) in [4.78, 5) is 14.2. The van der Waals surface area contributed by atoms with Gasteiger partial charge in [-0.3, -0.25) is 0 Å². The van der Waals surface area contributed by atoms with Crippen molar-refractivity contribution in [2.75, 3.05) is 31.2 Å². The van der Waals surface area contributed by atoms with Gasteiger partial charge in [-0.25, -0.2) is 4.79 Å². The third-order valence-electron chi connectivity index (χ3n) is 3.80. The van der Waals surface area contributed by atoms with Gasteiger partial charge < -0.3 is 14.4 Å². The lowest BCUT2D eigenvalue weighted by Gasteiger charge is -2.30. The van der Waals surface area contributed by atoms with Crippen LogP contribution in [0.15, 0.2) is 18.2 Å². The number of carbonyl (C=O) groups is 1. The van der Waals surface area contributed by atoms with Crippen LogP contribution in [0.2, 0.25) is 0 Å². The number of aryl methyl sites for hydroxylation is 2. The number of morpholine rings is 1. The van der Waals surface area contributed by atoms with Crippen LogP contribution in [-0.4, -0.2) is 37.9 Å². The van der Waals surface area contributed by atoms with Crippen LogP contribution in [0.4, 0.5) is 5.69 Å². The number of hydrogen-bond donors (Lipinski definition) is 0. The molecule has 126 valence electrons. The molecule has 0 aliphatic carbocycles. The van der Waals surface area contributed by atoms with Crippen molar-refractivity contribution in [3.63, 3.8) is 0 Å². The summed E-state index contributed by atoms with van der Waals surface area (Å²) in [5.74, 6) is -0.316. The van der Waals surface area contributed by atoms with E-state index in [1.807, 2.05) is 26.8 Å². The highest BCUT2D eigenvalue weighted by Crippen LogP contribution is 2.27.